The van der Waals surface area contributed by atoms with Crippen LogP contribution in [-0.2, 0) is 4.79 Å². The van der Waals surface area contributed by atoms with Gasteiger partial charge in [0.25, 0.3) is 5.91 Å². The number of imide groups is 1. The zero-order valence-electron chi connectivity index (χ0n) is 13.9. The first kappa shape index (κ1) is 16.1. The van der Waals surface area contributed by atoms with Crippen molar-refractivity contribution in [3.05, 3.63) is 0 Å². The van der Waals surface area contributed by atoms with Crippen molar-refractivity contribution in [3.8, 4) is 0 Å². The molecule has 3 rings (SSSR count). The van der Waals surface area contributed by atoms with Crippen molar-refractivity contribution in [2.24, 2.45) is 5.92 Å². The molecule has 3 aliphatic heterocycles. The second-order valence-corrected chi connectivity index (χ2v) is 8.39. The van der Waals surface area contributed by atoms with Crippen LogP contribution in [0.15, 0.2) is 0 Å². The fourth-order valence-corrected chi connectivity index (χ4v) is 5.25. The molecule has 6 heteroatoms. The largest absolute Gasteiger partial charge is 0.327 e. The molecule has 5 nitrogen and oxygen atoms in total. The predicted octanol–water partition coefficient (Wildman–Crippen LogP) is 1.88. The van der Waals surface area contributed by atoms with Crippen LogP contribution in [0.1, 0.15) is 33.1 Å². The average molecular weight is 325 g/mol. The van der Waals surface area contributed by atoms with E-state index in [9.17, 15) is 9.59 Å². The molecular weight excluding hydrogens is 298 g/mol. The van der Waals surface area contributed by atoms with Crippen molar-refractivity contribution in [3.63, 3.8) is 0 Å². The second kappa shape index (κ2) is 6.04. The quantitative estimate of drug-likeness (QED) is 0.743. The minimum absolute atomic E-state index is 0.0362. The third-order valence-electron chi connectivity index (χ3n) is 5.40. The van der Waals surface area contributed by atoms with E-state index in [1.165, 1.54) is 22.8 Å². The van der Waals surface area contributed by atoms with Gasteiger partial charge in [0.2, 0.25) is 0 Å². The number of likely N-dealkylation sites (N-methyl/N-ethyl adjacent to an activating group) is 1. The molecule has 0 saturated carbocycles. The standard InChI is InChI=1S/C16H27N3O2S/c1-12(2)10-19-14(20)16(17(3)15(19)21)5-7-18(8-6-16)13-4-9-22-11-13/h12-13H,4-11H2,1-3H3/t13-/m1/s1. The highest BCUT2D eigenvalue weighted by atomic mass is 32.2. The molecule has 0 N–H and O–H groups in total. The molecule has 0 unspecified atom stereocenters. The molecular formula is C16H27N3O2S. The first-order valence-corrected chi connectivity index (χ1v) is 9.53. The Hall–Kier alpha value is -0.750. The molecule has 0 aliphatic carbocycles. The van der Waals surface area contributed by atoms with Gasteiger partial charge in [0, 0.05) is 38.5 Å². The van der Waals surface area contributed by atoms with E-state index < -0.39 is 5.54 Å². The summed E-state index contributed by atoms with van der Waals surface area (Å²) in [6.45, 7) is 6.50. The summed E-state index contributed by atoms with van der Waals surface area (Å²) in [6.07, 6.45) is 2.83. The molecule has 3 aliphatic rings. The molecule has 3 saturated heterocycles. The van der Waals surface area contributed by atoms with E-state index in [0.29, 0.717) is 18.5 Å². The van der Waals surface area contributed by atoms with Crippen LogP contribution < -0.4 is 0 Å². The summed E-state index contributed by atoms with van der Waals surface area (Å²) in [5.41, 5.74) is -0.575. The molecule has 3 heterocycles. The summed E-state index contributed by atoms with van der Waals surface area (Å²) in [4.78, 5) is 31.1. The van der Waals surface area contributed by atoms with Crippen LogP contribution in [0.2, 0.25) is 0 Å². The van der Waals surface area contributed by atoms with Gasteiger partial charge in [-0.25, -0.2) is 4.79 Å². The third-order valence-corrected chi connectivity index (χ3v) is 6.54. The lowest BCUT2D eigenvalue weighted by molar-refractivity contribution is -0.135. The van der Waals surface area contributed by atoms with Crippen molar-refractivity contribution < 1.29 is 9.59 Å². The second-order valence-electron chi connectivity index (χ2n) is 7.24. The Bertz CT molecular complexity index is 454. The third kappa shape index (κ3) is 2.54. The lowest BCUT2D eigenvalue weighted by Gasteiger charge is -2.42. The maximum atomic E-state index is 12.9. The van der Waals surface area contributed by atoms with Gasteiger partial charge in [0.05, 0.1) is 0 Å². The Morgan fingerprint density at radius 3 is 2.50 bits per heavy atom. The Morgan fingerprint density at radius 1 is 1.27 bits per heavy atom. The van der Waals surface area contributed by atoms with Crippen molar-refractivity contribution >= 4 is 23.7 Å². The zero-order valence-corrected chi connectivity index (χ0v) is 14.7. The van der Waals surface area contributed by atoms with E-state index in [1.54, 1.807) is 4.90 Å². The zero-order chi connectivity index (χ0) is 15.9. The Balaban J connectivity index is 1.71. The van der Waals surface area contributed by atoms with Crippen molar-refractivity contribution in [2.75, 3.05) is 38.2 Å². The fourth-order valence-electron chi connectivity index (χ4n) is 3.99. The Labute approximate surface area is 137 Å². The Morgan fingerprint density at radius 2 is 1.95 bits per heavy atom. The minimum atomic E-state index is -0.575. The highest BCUT2D eigenvalue weighted by molar-refractivity contribution is 7.99. The fraction of sp³-hybridized carbons (Fsp3) is 0.875. The van der Waals surface area contributed by atoms with Crippen molar-refractivity contribution in [2.45, 2.75) is 44.7 Å². The number of likely N-dealkylation sites (tertiary alicyclic amines) is 1. The summed E-state index contributed by atoms with van der Waals surface area (Å²) in [5, 5.41) is 0. The summed E-state index contributed by atoms with van der Waals surface area (Å²) < 4.78 is 0. The van der Waals surface area contributed by atoms with E-state index in [2.05, 4.69) is 4.90 Å². The lowest BCUT2D eigenvalue weighted by atomic mass is 9.85. The lowest BCUT2D eigenvalue weighted by Crippen LogP contribution is -2.57. The van der Waals surface area contributed by atoms with Crippen LogP contribution in [0.5, 0.6) is 0 Å². The van der Waals surface area contributed by atoms with Gasteiger partial charge in [0.15, 0.2) is 0 Å². The van der Waals surface area contributed by atoms with E-state index in [0.717, 1.165) is 25.9 Å². The first-order chi connectivity index (χ1) is 10.5. The molecule has 1 spiro atoms. The van der Waals surface area contributed by atoms with Gasteiger partial charge in [-0.15, -0.1) is 0 Å². The van der Waals surface area contributed by atoms with Crippen LogP contribution in [-0.4, -0.2) is 76.4 Å². The number of hydrogen-bond acceptors (Lipinski definition) is 4. The number of hydrogen-bond donors (Lipinski definition) is 0. The Kier molecular flexibility index (Phi) is 4.42. The number of thioether (sulfide) groups is 1. The molecule has 22 heavy (non-hydrogen) atoms. The van der Waals surface area contributed by atoms with Crippen LogP contribution in [0, 0.1) is 5.92 Å². The number of carbonyl (C=O) groups is 2. The summed E-state index contributed by atoms with van der Waals surface area (Å²) in [5.74, 6) is 2.82. The van der Waals surface area contributed by atoms with Crippen LogP contribution in [0.3, 0.4) is 0 Å². The average Bonchev–Trinajstić information content (AvgIpc) is 3.09. The molecule has 0 aromatic heterocycles. The van der Waals surface area contributed by atoms with Crippen LogP contribution in [0.4, 0.5) is 4.79 Å². The first-order valence-electron chi connectivity index (χ1n) is 8.37. The van der Waals surface area contributed by atoms with E-state index >= 15 is 0 Å². The molecule has 124 valence electrons. The number of amides is 3. The topological polar surface area (TPSA) is 43.9 Å². The molecule has 0 aromatic rings. The van der Waals surface area contributed by atoms with Gasteiger partial charge in [-0.1, -0.05) is 13.8 Å². The molecule has 3 fully saturated rings. The molecule has 1 atom stereocenters. The molecule has 3 amide bonds. The molecule has 0 bridgehead atoms. The highest BCUT2D eigenvalue weighted by Crippen LogP contribution is 2.38. The summed E-state index contributed by atoms with van der Waals surface area (Å²) >= 11 is 2.03. The maximum absolute atomic E-state index is 12.9. The van der Waals surface area contributed by atoms with E-state index in [1.807, 2.05) is 32.7 Å². The highest BCUT2D eigenvalue weighted by Gasteiger charge is 2.56. The normalized spacial score (nSPS) is 29.4. The SMILES string of the molecule is CC(C)CN1C(=O)N(C)C2(CCN([C@@H]3CCSC3)CC2)C1=O. The number of piperidine rings is 1. The summed E-state index contributed by atoms with van der Waals surface area (Å²) in [7, 11) is 1.81. The smallest absolute Gasteiger partial charge is 0.312 e. The number of nitrogens with zero attached hydrogens (tertiary/aromatic N) is 3. The van der Waals surface area contributed by atoms with Crippen molar-refractivity contribution in [1.82, 2.24) is 14.7 Å². The van der Waals surface area contributed by atoms with Gasteiger partial charge in [-0.2, -0.15) is 11.8 Å². The van der Waals surface area contributed by atoms with Gasteiger partial charge in [0.1, 0.15) is 5.54 Å². The van der Waals surface area contributed by atoms with Crippen LogP contribution in [0.25, 0.3) is 0 Å². The van der Waals surface area contributed by atoms with E-state index in [-0.39, 0.29) is 11.9 Å². The number of carbonyl (C=O) groups excluding carboxylic acids is 2. The minimum Gasteiger partial charge on any atom is -0.312 e. The van der Waals surface area contributed by atoms with Gasteiger partial charge >= 0.3 is 6.03 Å². The van der Waals surface area contributed by atoms with Gasteiger partial charge < -0.3 is 4.90 Å². The van der Waals surface area contributed by atoms with Gasteiger partial charge in [-0.3, -0.25) is 14.6 Å². The van der Waals surface area contributed by atoms with Crippen LogP contribution >= 0.6 is 11.8 Å². The number of urea groups is 1. The molecule has 0 aromatic carbocycles. The molecule has 0 radical (unpaired) electrons. The number of rotatable bonds is 3. The maximum Gasteiger partial charge on any atom is 0.327 e. The predicted molar refractivity (Wildman–Crippen MR) is 89.0 cm³/mol. The monoisotopic (exact) mass is 325 g/mol. The van der Waals surface area contributed by atoms with Crippen molar-refractivity contribution in [1.29, 1.82) is 0 Å². The van der Waals surface area contributed by atoms with Gasteiger partial charge in [-0.05, 0) is 30.9 Å². The summed E-state index contributed by atoms with van der Waals surface area (Å²) in [6, 6.07) is 0.565. The van der Waals surface area contributed by atoms with E-state index in [4.69, 9.17) is 0 Å².